The van der Waals surface area contributed by atoms with Gasteiger partial charge in [0.05, 0.1) is 50.8 Å². The van der Waals surface area contributed by atoms with Crippen LogP contribution in [-0.2, 0) is 57.2 Å². The Hall–Kier alpha value is -3.48. The van der Waals surface area contributed by atoms with E-state index in [1.54, 1.807) is 0 Å². The second kappa shape index (κ2) is 25.4. The molecule has 24 unspecified atom stereocenters. The van der Waals surface area contributed by atoms with Gasteiger partial charge >= 0.3 is 17.9 Å². The van der Waals surface area contributed by atoms with E-state index in [0.29, 0.717) is 17.8 Å². The standard InChI is InChI=1S/C81H122O12/c1-48(2)58-37-79-28-19-64-73(10,45-82)22-16-25-76(64,13)67(79)34-54(58)31-61(79)70(85)91-51(7)40-88-43-57(90-42-53(9)93-72(87)63-33-56-36-69-78(15)27-18-24-75(12,47-84)66(78)21-30-81(63,69)39-60(56)50(5)6)44-89-41-52(8)92-71(86)62-32-55-35-68-77(14)26-17-23-74(11,46-83)65(77)20-29-80(62,68)38-59(55)49(3)4/h37-39,45-57,61-69H,16-36,40-44H2,1-15H3/i45T,46T,47T. The number of aldehydes is 3. The minimum absolute atomic E-state index is 0.0708. The Morgan fingerprint density at radius 1 is 0.419 bits per heavy atom. The first-order valence-corrected chi connectivity index (χ1v) is 37.7. The number of carbonyl (C=O) groups is 6. The van der Waals surface area contributed by atoms with E-state index < -0.39 is 64.9 Å². The van der Waals surface area contributed by atoms with Crippen LogP contribution in [0.3, 0.4) is 0 Å². The Kier molecular flexibility index (Phi) is 17.8. The molecule has 0 heterocycles. The third kappa shape index (κ3) is 11.4. The fraction of sp³-hybridized carbons (Fsp3) is 0.852. The first kappa shape index (κ1) is 65.5. The Morgan fingerprint density at radius 3 is 0.989 bits per heavy atom. The molecule has 12 heteroatoms. The summed E-state index contributed by atoms with van der Waals surface area (Å²) in [6.45, 7) is 32.8. The Bertz CT molecular complexity index is 3000. The quantitative estimate of drug-likeness (QED) is 0.0413. The Morgan fingerprint density at radius 2 is 0.710 bits per heavy atom. The summed E-state index contributed by atoms with van der Waals surface area (Å²) in [6, 6.07) is 0. The zero-order chi connectivity index (χ0) is 69.4. The molecule has 15 rings (SSSR count). The number of allylic oxidation sites excluding steroid dienone is 6. The zero-order valence-electron chi connectivity index (χ0n) is 63.0. The number of fused-ring (bicyclic) bond motifs is 6. The smallest absolute Gasteiger partial charge is 0.310 e. The molecule has 0 aromatic carbocycles. The molecule has 12 nitrogen and oxygen atoms in total. The molecule has 0 aromatic rings. The van der Waals surface area contributed by atoms with Crippen LogP contribution < -0.4 is 0 Å². The molecule has 15 aliphatic rings. The van der Waals surface area contributed by atoms with Gasteiger partial charge in [-0.3, -0.25) is 14.4 Å². The van der Waals surface area contributed by atoms with Crippen LogP contribution in [0.4, 0.5) is 0 Å². The normalized spacial score (nSPS) is 46.0. The Balaban J connectivity index is 0.726. The van der Waals surface area contributed by atoms with Gasteiger partial charge in [-0.1, -0.05) is 137 Å². The summed E-state index contributed by atoms with van der Waals surface area (Å²) in [6.07, 6.45) is 21.6. The monoisotopic (exact) mass is 1290 g/mol. The van der Waals surface area contributed by atoms with Crippen molar-refractivity contribution in [3.8, 4) is 0 Å². The lowest BCUT2D eigenvalue weighted by molar-refractivity contribution is -0.194. The van der Waals surface area contributed by atoms with Crippen molar-refractivity contribution in [1.29, 1.82) is 0 Å². The maximum Gasteiger partial charge on any atom is 0.310 e. The average molecular weight is 1290 g/mol. The van der Waals surface area contributed by atoms with Gasteiger partial charge in [0.2, 0.25) is 0 Å². The lowest BCUT2D eigenvalue weighted by Crippen LogP contribution is -2.63. The third-order valence-electron chi connectivity index (χ3n) is 30.0. The highest BCUT2D eigenvalue weighted by Gasteiger charge is 2.71. The van der Waals surface area contributed by atoms with Crippen LogP contribution >= 0.6 is 0 Å². The van der Waals surface area contributed by atoms with Gasteiger partial charge in [-0.2, -0.15) is 0 Å². The van der Waals surface area contributed by atoms with Gasteiger partial charge in [0.15, 0.2) is 0 Å². The molecule has 0 amide bonds. The zero-order valence-corrected chi connectivity index (χ0v) is 60.0. The van der Waals surface area contributed by atoms with Crippen molar-refractivity contribution < 1.29 is 61.3 Å². The lowest BCUT2D eigenvalue weighted by Gasteiger charge is -2.68. The maximum absolute atomic E-state index is 15.0. The van der Waals surface area contributed by atoms with Crippen LogP contribution in [0.1, 0.15) is 243 Å². The maximum atomic E-state index is 15.0. The van der Waals surface area contributed by atoms with Gasteiger partial charge in [-0.15, -0.1) is 0 Å². The summed E-state index contributed by atoms with van der Waals surface area (Å²) in [4.78, 5) is 84.1. The van der Waals surface area contributed by atoms with E-state index in [2.05, 4.69) is 80.5 Å². The molecule has 9 fully saturated rings. The molecule has 0 N–H and O–H groups in total. The van der Waals surface area contributed by atoms with Crippen molar-refractivity contribution in [2.45, 2.75) is 263 Å². The number of carbonyl (C=O) groups excluding carboxylic acids is 6. The van der Waals surface area contributed by atoms with Gasteiger partial charge in [0.1, 0.15) is 47.3 Å². The highest BCUT2D eigenvalue weighted by molar-refractivity contribution is 5.77. The topological polar surface area (TPSA) is 158 Å². The van der Waals surface area contributed by atoms with Gasteiger partial charge in [-0.05, 0) is 224 Å². The molecule has 0 saturated heterocycles. The summed E-state index contributed by atoms with van der Waals surface area (Å²) in [5, 5.41) is 0. The van der Waals surface area contributed by atoms with Crippen molar-refractivity contribution >= 4 is 36.7 Å². The summed E-state index contributed by atoms with van der Waals surface area (Å²) in [7, 11) is 0. The number of ether oxygens (including phenoxy) is 6. The van der Waals surface area contributed by atoms with Gasteiger partial charge in [0, 0.05) is 32.5 Å². The molecule has 9 saturated carbocycles. The van der Waals surface area contributed by atoms with E-state index in [0.717, 1.165) is 135 Å². The SMILES string of the molecule is [3H]C(=O)C1(C)CCCC2(C)C1CCC13C=C(C(C)C)C(CC1C(=O)OC(C)COCC(COCC(C)OC(=O)C1CC4CC5C6(C)CCCC(C)(C([3H])=O)C6CCC15C=C4C(C)C)OCC(C)OC(=O)C1CC4CC5C6(C)CCCC(C)(C([3H])=O)C6CCC15C=C4C(C)C)CC23. The van der Waals surface area contributed by atoms with E-state index in [9.17, 15) is 28.8 Å². The molecule has 0 aliphatic heterocycles. The fourth-order valence-electron chi connectivity index (χ4n) is 26.1. The van der Waals surface area contributed by atoms with Gasteiger partial charge in [-0.25, -0.2) is 0 Å². The Labute approximate surface area is 564 Å². The third-order valence-corrected chi connectivity index (χ3v) is 30.0. The minimum Gasteiger partial charge on any atom is -0.460 e. The van der Waals surface area contributed by atoms with E-state index in [-0.39, 0.29) is 149 Å². The van der Waals surface area contributed by atoms with Crippen molar-refractivity contribution in [1.82, 2.24) is 0 Å². The predicted molar refractivity (Wildman–Crippen MR) is 360 cm³/mol. The van der Waals surface area contributed by atoms with Crippen molar-refractivity contribution in [3.05, 3.63) is 34.9 Å². The first-order chi connectivity index (χ1) is 45.1. The molecule has 0 radical (unpaired) electrons. The van der Waals surface area contributed by atoms with E-state index in [1.165, 1.54) is 16.7 Å². The molecule has 0 aromatic heterocycles. The summed E-state index contributed by atoms with van der Waals surface area (Å²) in [5.41, 5.74) is 0.554. The largest absolute Gasteiger partial charge is 0.460 e. The van der Waals surface area contributed by atoms with Gasteiger partial charge in [0.25, 0.3) is 0 Å². The van der Waals surface area contributed by atoms with Crippen LogP contribution in [0.15, 0.2) is 34.9 Å². The number of hydrogen-bond donors (Lipinski definition) is 0. The van der Waals surface area contributed by atoms with Gasteiger partial charge < -0.3 is 42.8 Å². The van der Waals surface area contributed by atoms with E-state index >= 15 is 0 Å². The number of esters is 3. The highest BCUT2D eigenvalue weighted by atomic mass is 16.6. The molecular formula is C81H122O12. The molecule has 93 heavy (non-hydrogen) atoms. The number of rotatable bonds is 23. The van der Waals surface area contributed by atoms with Crippen LogP contribution in [0.25, 0.3) is 0 Å². The van der Waals surface area contributed by atoms with Crippen LogP contribution in [-0.4, -0.2) is 94.1 Å². The second-order valence-corrected chi connectivity index (χ2v) is 36.2. The predicted octanol–water partition coefficient (Wildman–Crippen LogP) is 16.3. The van der Waals surface area contributed by atoms with Crippen molar-refractivity contribution in [2.24, 2.45) is 138 Å². The van der Waals surface area contributed by atoms with E-state index in [4.69, 9.17) is 32.5 Å². The second-order valence-electron chi connectivity index (χ2n) is 36.2. The van der Waals surface area contributed by atoms with Crippen LogP contribution in [0.2, 0.25) is 0 Å². The number of hydrogen-bond acceptors (Lipinski definition) is 12. The summed E-state index contributed by atoms with van der Waals surface area (Å²) >= 11 is 0. The fourth-order valence-corrected chi connectivity index (χ4v) is 26.1. The minimum atomic E-state index is -0.690. The molecule has 518 valence electrons. The lowest BCUT2D eigenvalue weighted by atomic mass is 9.36. The molecule has 15 aliphatic carbocycles. The van der Waals surface area contributed by atoms with Crippen LogP contribution in [0.5, 0.6) is 0 Å². The van der Waals surface area contributed by atoms with Crippen molar-refractivity contribution in [3.63, 3.8) is 0 Å². The first-order valence-electron chi connectivity index (χ1n) is 39.2. The summed E-state index contributed by atoms with van der Waals surface area (Å²) < 4.78 is 64.4. The molecular weight excluding hydrogens is 1160 g/mol. The summed E-state index contributed by atoms with van der Waals surface area (Å²) in [5.74, 6) is 1.11. The van der Waals surface area contributed by atoms with E-state index in [1.807, 2.05) is 41.5 Å². The molecule has 6 bridgehead atoms. The molecule has 3 spiro atoms. The molecule has 24 atom stereocenters. The average Bonchev–Trinajstić information content (AvgIpc) is 0.699. The highest BCUT2D eigenvalue weighted by Crippen LogP contribution is 2.76. The van der Waals surface area contributed by atoms with Crippen molar-refractivity contribution in [2.75, 3.05) is 33.0 Å². The van der Waals surface area contributed by atoms with Crippen LogP contribution in [0, 0.1) is 138 Å².